The predicted octanol–water partition coefficient (Wildman–Crippen LogP) is 3.34. The molecule has 0 atom stereocenters. The first kappa shape index (κ1) is 18.5. The Balaban J connectivity index is 0.00000208. The molecule has 0 saturated heterocycles. The summed E-state index contributed by atoms with van der Waals surface area (Å²) >= 11 is 0. The number of hydrogen-bond donors (Lipinski definition) is 2. The number of likely N-dealkylation sites (N-methyl/N-ethyl adjacent to an activating group) is 1. The third-order valence-corrected chi connectivity index (χ3v) is 4.43. The maximum Gasteiger partial charge on any atom is 0.220 e. The zero-order valence-electron chi connectivity index (χ0n) is 14.1. The van der Waals surface area contributed by atoms with Crippen molar-refractivity contribution in [2.24, 2.45) is 0 Å². The van der Waals surface area contributed by atoms with E-state index in [2.05, 4.69) is 53.1 Å². The fourth-order valence-corrected chi connectivity index (χ4v) is 3.19. The zero-order chi connectivity index (χ0) is 16.1. The van der Waals surface area contributed by atoms with Gasteiger partial charge in [-0.2, -0.15) is 0 Å². The van der Waals surface area contributed by atoms with Crippen molar-refractivity contribution < 1.29 is 4.79 Å². The quantitative estimate of drug-likeness (QED) is 0.645. The van der Waals surface area contributed by atoms with E-state index < -0.39 is 0 Å². The third-order valence-electron chi connectivity index (χ3n) is 4.43. The minimum atomic E-state index is 0. The van der Waals surface area contributed by atoms with Crippen LogP contribution >= 0.6 is 12.4 Å². The number of nitrogens with one attached hydrogen (secondary N) is 2. The van der Waals surface area contributed by atoms with Crippen LogP contribution in [0.5, 0.6) is 0 Å². The topological polar surface area (TPSA) is 41.1 Å². The fraction of sp³-hybridized carbons (Fsp3) is 0.350. The lowest BCUT2D eigenvalue weighted by atomic mass is 10.00. The minimum Gasteiger partial charge on any atom is -0.355 e. The molecule has 1 amide bonds. The number of carbonyl (C=O) groups is 1. The summed E-state index contributed by atoms with van der Waals surface area (Å²) in [6.07, 6.45) is 3.48. The average Bonchev–Trinajstić information content (AvgIpc) is 2.93. The van der Waals surface area contributed by atoms with Gasteiger partial charge in [0.1, 0.15) is 0 Å². The van der Waals surface area contributed by atoms with Crippen molar-refractivity contribution >= 4 is 18.3 Å². The molecule has 0 heterocycles. The van der Waals surface area contributed by atoms with Crippen LogP contribution in [-0.4, -0.2) is 26.0 Å². The Kier molecular flexibility index (Phi) is 6.83. The molecule has 0 fully saturated rings. The van der Waals surface area contributed by atoms with E-state index >= 15 is 0 Å². The molecular weight excluding hydrogens is 320 g/mol. The second-order valence-corrected chi connectivity index (χ2v) is 6.13. The lowest BCUT2D eigenvalue weighted by Gasteiger charge is -2.07. The number of fused-ring (bicyclic) bond motifs is 3. The van der Waals surface area contributed by atoms with Gasteiger partial charge in [-0.25, -0.2) is 0 Å². The Morgan fingerprint density at radius 3 is 2.67 bits per heavy atom. The molecule has 3 rings (SSSR count). The number of rotatable bonds is 7. The van der Waals surface area contributed by atoms with Gasteiger partial charge in [0.15, 0.2) is 0 Å². The van der Waals surface area contributed by atoms with E-state index in [4.69, 9.17) is 0 Å². The van der Waals surface area contributed by atoms with E-state index in [-0.39, 0.29) is 18.3 Å². The summed E-state index contributed by atoms with van der Waals surface area (Å²) < 4.78 is 0. The van der Waals surface area contributed by atoms with Gasteiger partial charge in [0.05, 0.1) is 0 Å². The molecule has 1 aliphatic rings. The highest BCUT2D eigenvalue weighted by atomic mass is 35.5. The highest BCUT2D eigenvalue weighted by Crippen LogP contribution is 2.36. The van der Waals surface area contributed by atoms with Crippen molar-refractivity contribution in [1.82, 2.24) is 10.6 Å². The molecule has 0 radical (unpaired) electrons. The number of benzene rings is 2. The fourth-order valence-electron chi connectivity index (χ4n) is 3.19. The summed E-state index contributed by atoms with van der Waals surface area (Å²) in [5, 5.41) is 5.95. The van der Waals surface area contributed by atoms with Crippen molar-refractivity contribution in [3.63, 3.8) is 0 Å². The lowest BCUT2D eigenvalue weighted by Crippen LogP contribution is -2.30. The van der Waals surface area contributed by atoms with Crippen LogP contribution in [0.2, 0.25) is 0 Å². The molecule has 3 nitrogen and oxygen atoms in total. The summed E-state index contributed by atoms with van der Waals surface area (Å²) in [5.41, 5.74) is 6.90. The van der Waals surface area contributed by atoms with Gasteiger partial charge in [-0.1, -0.05) is 42.5 Å². The molecule has 2 N–H and O–H groups in total. The summed E-state index contributed by atoms with van der Waals surface area (Å²) in [4.78, 5) is 11.7. The number of hydrogen-bond acceptors (Lipinski definition) is 2. The Labute approximate surface area is 150 Å². The van der Waals surface area contributed by atoms with Crippen molar-refractivity contribution in [3.8, 4) is 11.1 Å². The molecule has 0 saturated carbocycles. The van der Waals surface area contributed by atoms with Gasteiger partial charge in [0.2, 0.25) is 5.91 Å². The van der Waals surface area contributed by atoms with Crippen LogP contribution in [0.4, 0.5) is 0 Å². The van der Waals surface area contributed by atoms with Crippen LogP contribution in [0.15, 0.2) is 42.5 Å². The lowest BCUT2D eigenvalue weighted by molar-refractivity contribution is -0.121. The summed E-state index contributed by atoms with van der Waals surface area (Å²) in [7, 11) is 1.89. The van der Waals surface area contributed by atoms with E-state index in [1.807, 2.05) is 7.05 Å². The minimum absolute atomic E-state index is 0. The Hall–Kier alpha value is -1.84. The van der Waals surface area contributed by atoms with E-state index in [0.29, 0.717) is 13.0 Å². The van der Waals surface area contributed by atoms with Gasteiger partial charge < -0.3 is 10.6 Å². The molecule has 0 aliphatic heterocycles. The van der Waals surface area contributed by atoms with E-state index in [1.165, 1.54) is 27.8 Å². The van der Waals surface area contributed by atoms with Crippen molar-refractivity contribution in [2.75, 3.05) is 20.1 Å². The van der Waals surface area contributed by atoms with Crippen LogP contribution in [0.25, 0.3) is 11.1 Å². The number of aryl methyl sites for hydroxylation is 1. The summed E-state index contributed by atoms with van der Waals surface area (Å²) in [6.45, 7) is 1.51. The molecule has 2 aromatic carbocycles. The van der Waals surface area contributed by atoms with Gasteiger partial charge in [-0.15, -0.1) is 12.4 Å². The SMILES string of the molecule is CNCCNC(=O)CCCc1ccc2c(c1)-c1ccccc1C2.Cl. The number of carbonyl (C=O) groups excluding carboxylic acids is 1. The van der Waals surface area contributed by atoms with Crippen LogP contribution in [0.1, 0.15) is 29.5 Å². The normalized spacial score (nSPS) is 11.4. The molecule has 0 aromatic heterocycles. The highest BCUT2D eigenvalue weighted by molar-refractivity contribution is 5.85. The van der Waals surface area contributed by atoms with Gasteiger partial charge in [0.25, 0.3) is 0 Å². The molecule has 1 aliphatic carbocycles. The molecule has 0 bridgehead atoms. The molecule has 0 spiro atoms. The number of amides is 1. The monoisotopic (exact) mass is 344 g/mol. The van der Waals surface area contributed by atoms with Gasteiger partial charge in [0, 0.05) is 19.5 Å². The number of halogens is 1. The van der Waals surface area contributed by atoms with E-state index in [9.17, 15) is 4.79 Å². The zero-order valence-corrected chi connectivity index (χ0v) is 14.9. The second-order valence-electron chi connectivity index (χ2n) is 6.13. The second kappa shape index (κ2) is 8.86. The average molecular weight is 345 g/mol. The standard InChI is InChI=1S/C20H24N2O.ClH/c1-21-11-12-22-20(23)8-4-5-15-9-10-17-14-16-6-2-3-7-18(16)19(17)13-15;/h2-3,6-7,9-10,13,21H,4-5,8,11-12,14H2,1H3,(H,22,23);1H. The predicted molar refractivity (Wildman–Crippen MR) is 102 cm³/mol. The first-order valence-corrected chi connectivity index (χ1v) is 8.39. The Morgan fingerprint density at radius 1 is 1.04 bits per heavy atom. The van der Waals surface area contributed by atoms with E-state index in [1.54, 1.807) is 0 Å². The molecule has 128 valence electrons. The smallest absolute Gasteiger partial charge is 0.220 e. The maximum atomic E-state index is 11.7. The first-order valence-electron chi connectivity index (χ1n) is 8.39. The third kappa shape index (κ3) is 4.37. The van der Waals surface area contributed by atoms with Gasteiger partial charge >= 0.3 is 0 Å². The molecule has 24 heavy (non-hydrogen) atoms. The Morgan fingerprint density at radius 2 is 1.83 bits per heavy atom. The molecule has 2 aromatic rings. The highest BCUT2D eigenvalue weighted by Gasteiger charge is 2.17. The van der Waals surface area contributed by atoms with Crippen molar-refractivity contribution in [1.29, 1.82) is 0 Å². The maximum absolute atomic E-state index is 11.7. The van der Waals surface area contributed by atoms with Crippen molar-refractivity contribution in [2.45, 2.75) is 25.7 Å². The van der Waals surface area contributed by atoms with Crippen LogP contribution in [0, 0.1) is 0 Å². The van der Waals surface area contributed by atoms with Gasteiger partial charge in [-0.3, -0.25) is 4.79 Å². The molecular formula is C20H25ClN2O. The Bertz CT molecular complexity index is 700. The van der Waals surface area contributed by atoms with Crippen molar-refractivity contribution in [3.05, 3.63) is 59.2 Å². The van der Waals surface area contributed by atoms with Crippen LogP contribution < -0.4 is 10.6 Å². The summed E-state index contributed by atoms with van der Waals surface area (Å²) in [6, 6.07) is 15.4. The first-order chi connectivity index (χ1) is 11.3. The van der Waals surface area contributed by atoms with Gasteiger partial charge in [-0.05, 0) is 54.1 Å². The van der Waals surface area contributed by atoms with Crippen LogP contribution in [-0.2, 0) is 17.6 Å². The van der Waals surface area contributed by atoms with E-state index in [0.717, 1.165) is 25.8 Å². The largest absolute Gasteiger partial charge is 0.355 e. The molecule has 0 unspecified atom stereocenters. The summed E-state index contributed by atoms with van der Waals surface area (Å²) in [5.74, 6) is 0.145. The van der Waals surface area contributed by atoms with Crippen LogP contribution in [0.3, 0.4) is 0 Å². The molecule has 4 heteroatoms.